The van der Waals surface area contributed by atoms with Crippen LogP contribution >= 0.6 is 11.6 Å². The van der Waals surface area contributed by atoms with Crippen molar-refractivity contribution < 1.29 is 23.4 Å². The number of hydrogen-bond acceptors (Lipinski definition) is 10. The summed E-state index contributed by atoms with van der Waals surface area (Å²) in [5.41, 5.74) is 1.95. The van der Waals surface area contributed by atoms with Gasteiger partial charge in [0.25, 0.3) is 0 Å². The van der Waals surface area contributed by atoms with Crippen molar-refractivity contribution in [1.29, 1.82) is 5.41 Å². The number of rotatable bonds is 10. The van der Waals surface area contributed by atoms with Crippen LogP contribution in [0.1, 0.15) is 25.1 Å². The number of benzene rings is 1. The fraction of sp³-hybridized carbons (Fsp3) is 0.500. The lowest BCUT2D eigenvalue weighted by molar-refractivity contribution is 0.0394. The summed E-state index contributed by atoms with van der Waals surface area (Å²) in [4.78, 5) is 11.7. The molecular formula is C26H35ClN6O5S. The predicted octanol–water partition coefficient (Wildman–Crippen LogP) is 2.47. The number of ether oxygens (including phenoxy) is 1. The Balaban J connectivity index is 1.72. The molecule has 2 saturated heterocycles. The first-order valence-corrected chi connectivity index (χ1v) is 14.8. The summed E-state index contributed by atoms with van der Waals surface area (Å²) in [5, 5.41) is 32.0. The molecule has 1 aromatic heterocycles. The minimum atomic E-state index is -3.22. The summed E-state index contributed by atoms with van der Waals surface area (Å²) in [6.07, 6.45) is 0.527. The van der Waals surface area contributed by atoms with E-state index in [9.17, 15) is 18.6 Å². The molecule has 1 spiro atoms. The number of aromatic nitrogens is 2. The van der Waals surface area contributed by atoms with Crippen molar-refractivity contribution in [3.05, 3.63) is 40.2 Å². The van der Waals surface area contributed by atoms with Crippen LogP contribution in [0.4, 0.5) is 5.82 Å². The molecule has 1 aromatic carbocycles. The Bertz CT molecular complexity index is 1410. The van der Waals surface area contributed by atoms with Gasteiger partial charge >= 0.3 is 0 Å². The molecule has 13 heteroatoms. The molecule has 2 aliphatic rings. The van der Waals surface area contributed by atoms with Gasteiger partial charge < -0.3 is 30.6 Å². The van der Waals surface area contributed by atoms with E-state index >= 15 is 0 Å². The summed E-state index contributed by atoms with van der Waals surface area (Å²) in [6.45, 7) is 7.59. The highest BCUT2D eigenvalue weighted by Gasteiger charge is 2.55. The quantitative estimate of drug-likeness (QED) is 0.246. The average molecular weight is 579 g/mol. The highest BCUT2D eigenvalue weighted by molar-refractivity contribution is 7.88. The number of nitrogens with zero attached hydrogens (tertiary/aromatic N) is 4. The summed E-state index contributed by atoms with van der Waals surface area (Å²) in [6, 6.07) is 5.07. The molecule has 0 aliphatic carbocycles. The molecule has 4 rings (SSSR count). The Morgan fingerprint density at radius 1 is 1.26 bits per heavy atom. The second-order valence-electron chi connectivity index (χ2n) is 10.5. The van der Waals surface area contributed by atoms with Crippen LogP contribution in [-0.4, -0.2) is 97.4 Å². The van der Waals surface area contributed by atoms with Crippen LogP contribution < -0.4 is 15.0 Å². The SMILES string of the molecule is CNC[C@@H](O)COc1ccc(Cl)c(-c2nc(/C(C(C)=N)=C(\C)O)c(C)c(N3CC4(C3)CN(S(C)(=O)=O)C4)n2)c1. The molecule has 0 radical (unpaired) electrons. The number of hydrogen-bond donors (Lipinski definition) is 4. The van der Waals surface area contributed by atoms with Crippen LogP contribution in [0.15, 0.2) is 24.0 Å². The Morgan fingerprint density at radius 2 is 1.92 bits per heavy atom. The molecule has 0 amide bonds. The van der Waals surface area contributed by atoms with E-state index in [4.69, 9.17) is 31.7 Å². The molecule has 0 unspecified atom stereocenters. The highest BCUT2D eigenvalue weighted by atomic mass is 35.5. The molecule has 2 fully saturated rings. The molecule has 39 heavy (non-hydrogen) atoms. The van der Waals surface area contributed by atoms with Crippen LogP contribution in [0, 0.1) is 17.7 Å². The average Bonchev–Trinajstić information content (AvgIpc) is 2.77. The third-order valence-electron chi connectivity index (χ3n) is 7.00. The topological polar surface area (TPSA) is 152 Å². The van der Waals surface area contributed by atoms with Crippen LogP contribution in [-0.2, 0) is 10.0 Å². The number of likely N-dealkylation sites (N-methyl/N-ethyl adjacent to an activating group) is 1. The van der Waals surface area contributed by atoms with E-state index in [0.717, 1.165) is 0 Å². The van der Waals surface area contributed by atoms with Crippen molar-refractivity contribution in [2.24, 2.45) is 5.41 Å². The van der Waals surface area contributed by atoms with Crippen molar-refractivity contribution >= 4 is 38.7 Å². The van der Waals surface area contributed by atoms with E-state index in [1.54, 1.807) is 32.2 Å². The lowest BCUT2D eigenvalue weighted by Crippen LogP contribution is -2.73. The lowest BCUT2D eigenvalue weighted by Gasteiger charge is -2.59. The molecule has 4 N–H and O–H groups in total. The maximum atomic E-state index is 11.9. The summed E-state index contributed by atoms with van der Waals surface area (Å²) in [5.74, 6) is 1.37. The van der Waals surface area contributed by atoms with Gasteiger partial charge in [0.1, 0.15) is 30.0 Å². The standard InChI is InChI=1S/C26H35ClN6O5S/c1-15-23(22(16(2)28)17(3)34)30-24(20-8-19(6-7-21(20)27)38-10-18(35)9-29-4)31-25(15)32-11-26(12-32)13-33(14-26)39(5,36)37/h6-8,18,28-29,34-35H,9-14H2,1-5H3/b22-17+,28-16?/t18-/m1/s1. The van der Waals surface area contributed by atoms with Gasteiger partial charge in [0.2, 0.25) is 10.0 Å². The molecule has 1 atom stereocenters. The van der Waals surface area contributed by atoms with Crippen molar-refractivity contribution in [3.63, 3.8) is 0 Å². The van der Waals surface area contributed by atoms with Crippen LogP contribution in [0.25, 0.3) is 17.0 Å². The number of anilines is 1. The first kappa shape index (κ1) is 29.2. The van der Waals surface area contributed by atoms with Crippen molar-refractivity contribution in [1.82, 2.24) is 19.6 Å². The maximum Gasteiger partial charge on any atom is 0.211 e. The summed E-state index contributed by atoms with van der Waals surface area (Å²) < 4.78 is 31.0. The van der Waals surface area contributed by atoms with Crippen LogP contribution in [0.2, 0.25) is 5.02 Å². The van der Waals surface area contributed by atoms with Crippen molar-refractivity contribution in [2.45, 2.75) is 26.9 Å². The molecule has 2 aromatic rings. The Morgan fingerprint density at radius 3 is 2.49 bits per heavy atom. The van der Waals surface area contributed by atoms with Gasteiger partial charge in [-0.15, -0.1) is 0 Å². The predicted molar refractivity (Wildman–Crippen MR) is 152 cm³/mol. The third-order valence-corrected chi connectivity index (χ3v) is 8.53. The smallest absolute Gasteiger partial charge is 0.211 e. The highest BCUT2D eigenvalue weighted by Crippen LogP contribution is 2.44. The van der Waals surface area contributed by atoms with Gasteiger partial charge in [0, 0.05) is 55.0 Å². The lowest BCUT2D eigenvalue weighted by atomic mass is 9.74. The largest absolute Gasteiger partial charge is 0.512 e. The Hall–Kier alpha value is -2.77. The molecule has 0 bridgehead atoms. The molecule has 2 aliphatic heterocycles. The normalized spacial score (nSPS) is 18.3. The monoisotopic (exact) mass is 578 g/mol. The fourth-order valence-corrected chi connectivity index (χ4v) is 6.32. The van der Waals surface area contributed by atoms with Gasteiger partial charge in [-0.2, -0.15) is 0 Å². The number of halogens is 1. The zero-order valence-corrected chi connectivity index (χ0v) is 24.3. The number of allylic oxidation sites excluding steroid dienone is 2. The number of aliphatic hydroxyl groups is 2. The van der Waals surface area contributed by atoms with E-state index in [0.29, 0.717) is 77.5 Å². The van der Waals surface area contributed by atoms with E-state index in [-0.39, 0.29) is 23.5 Å². The van der Waals surface area contributed by atoms with E-state index in [2.05, 4.69) is 10.2 Å². The van der Waals surface area contributed by atoms with Crippen LogP contribution in [0.5, 0.6) is 5.75 Å². The van der Waals surface area contributed by atoms with Crippen LogP contribution in [0.3, 0.4) is 0 Å². The summed E-state index contributed by atoms with van der Waals surface area (Å²) >= 11 is 6.58. The van der Waals surface area contributed by atoms with Gasteiger partial charge in [0.05, 0.1) is 22.5 Å². The minimum absolute atomic E-state index is 0.0363. The number of aliphatic hydroxyl groups excluding tert-OH is 2. The summed E-state index contributed by atoms with van der Waals surface area (Å²) in [7, 11) is -1.48. The van der Waals surface area contributed by atoms with Gasteiger partial charge in [-0.1, -0.05) is 11.6 Å². The first-order valence-electron chi connectivity index (χ1n) is 12.5. The Labute approximate surface area is 234 Å². The van der Waals surface area contributed by atoms with Gasteiger partial charge in [-0.25, -0.2) is 22.7 Å². The molecule has 3 heterocycles. The van der Waals surface area contributed by atoms with Gasteiger partial charge in [-0.05, 0) is 46.0 Å². The minimum Gasteiger partial charge on any atom is -0.512 e. The van der Waals surface area contributed by atoms with E-state index in [1.807, 2.05) is 6.92 Å². The number of sulfonamides is 1. The molecule has 11 nitrogen and oxygen atoms in total. The van der Waals surface area contributed by atoms with E-state index in [1.165, 1.54) is 17.5 Å². The van der Waals surface area contributed by atoms with E-state index < -0.39 is 16.1 Å². The second kappa shape index (κ2) is 11.0. The second-order valence-corrected chi connectivity index (χ2v) is 12.9. The maximum absolute atomic E-state index is 11.9. The Kier molecular flexibility index (Phi) is 8.25. The zero-order chi connectivity index (χ0) is 28.7. The van der Waals surface area contributed by atoms with Gasteiger partial charge in [0.15, 0.2) is 5.82 Å². The zero-order valence-electron chi connectivity index (χ0n) is 22.7. The molecule has 0 saturated carbocycles. The number of nitrogens with one attached hydrogen (secondary N) is 2. The van der Waals surface area contributed by atoms with Crippen molar-refractivity contribution in [2.75, 3.05) is 57.5 Å². The van der Waals surface area contributed by atoms with Crippen molar-refractivity contribution in [3.8, 4) is 17.1 Å². The molecule has 212 valence electrons. The molecular weight excluding hydrogens is 544 g/mol. The van der Waals surface area contributed by atoms with Gasteiger partial charge in [-0.3, -0.25) is 0 Å². The third kappa shape index (κ3) is 6.04. The first-order chi connectivity index (χ1) is 18.2. The fourth-order valence-electron chi connectivity index (χ4n) is 5.10.